The molecule has 0 radical (unpaired) electrons. The molecule has 0 bridgehead atoms. The second-order valence-corrected chi connectivity index (χ2v) is 7.71. The number of nitrogens with two attached hydrogens (primary N) is 1. The largest absolute Gasteiger partial charge is 0.452 e. The number of rotatable bonds is 6. The molecule has 2 aromatic carbocycles. The van der Waals surface area contributed by atoms with Crippen LogP contribution in [-0.4, -0.2) is 45.3 Å². The fraction of sp³-hybridized carbons (Fsp3) is 0.176. The summed E-state index contributed by atoms with van der Waals surface area (Å²) in [6.07, 6.45) is 0. The van der Waals surface area contributed by atoms with Gasteiger partial charge in [0.2, 0.25) is 10.0 Å². The second-order valence-electron chi connectivity index (χ2n) is 5.56. The van der Waals surface area contributed by atoms with Gasteiger partial charge in [-0.05, 0) is 48.5 Å². The van der Waals surface area contributed by atoms with Crippen LogP contribution in [0.3, 0.4) is 0 Å². The Hall–Kier alpha value is -2.91. The summed E-state index contributed by atoms with van der Waals surface area (Å²) < 4.78 is 30.0. The molecule has 0 saturated carbocycles. The average molecular weight is 377 g/mol. The SMILES string of the molecule is CN(C)S(=O)(=O)c1ccc(NC(=O)COC(=O)c2ccc(N)cc2)cc1. The number of hydrogen-bond acceptors (Lipinski definition) is 6. The molecule has 0 saturated heterocycles. The summed E-state index contributed by atoms with van der Waals surface area (Å²) in [6, 6.07) is 11.8. The van der Waals surface area contributed by atoms with Crippen molar-refractivity contribution >= 4 is 33.3 Å². The summed E-state index contributed by atoms with van der Waals surface area (Å²) >= 11 is 0. The minimum absolute atomic E-state index is 0.107. The number of anilines is 2. The summed E-state index contributed by atoms with van der Waals surface area (Å²) in [5, 5.41) is 2.52. The van der Waals surface area contributed by atoms with Gasteiger partial charge in [0.1, 0.15) is 0 Å². The highest BCUT2D eigenvalue weighted by Gasteiger charge is 2.17. The van der Waals surface area contributed by atoms with Gasteiger partial charge in [-0.15, -0.1) is 0 Å². The van der Waals surface area contributed by atoms with Crippen molar-refractivity contribution in [1.82, 2.24) is 4.31 Å². The highest BCUT2D eigenvalue weighted by Crippen LogP contribution is 2.16. The number of amides is 1. The Morgan fingerprint density at radius 1 is 1.04 bits per heavy atom. The zero-order valence-corrected chi connectivity index (χ0v) is 15.1. The number of benzene rings is 2. The molecule has 0 fully saturated rings. The molecule has 0 heterocycles. The lowest BCUT2D eigenvalue weighted by Gasteiger charge is -2.12. The van der Waals surface area contributed by atoms with Crippen LogP contribution in [0.5, 0.6) is 0 Å². The average Bonchev–Trinajstić information content (AvgIpc) is 2.60. The molecule has 0 aliphatic rings. The second kappa shape index (κ2) is 7.98. The van der Waals surface area contributed by atoms with Crippen LogP contribution in [-0.2, 0) is 19.6 Å². The summed E-state index contributed by atoms with van der Waals surface area (Å²) in [5.74, 6) is -1.19. The fourth-order valence-corrected chi connectivity index (χ4v) is 2.85. The number of sulfonamides is 1. The van der Waals surface area contributed by atoms with E-state index < -0.39 is 28.5 Å². The molecule has 26 heavy (non-hydrogen) atoms. The number of nitrogens with zero attached hydrogens (tertiary/aromatic N) is 1. The lowest BCUT2D eigenvalue weighted by molar-refractivity contribution is -0.119. The van der Waals surface area contributed by atoms with E-state index in [0.717, 1.165) is 4.31 Å². The van der Waals surface area contributed by atoms with E-state index in [1.165, 1.54) is 50.5 Å². The van der Waals surface area contributed by atoms with Gasteiger partial charge in [-0.2, -0.15) is 0 Å². The van der Waals surface area contributed by atoms with Crippen molar-refractivity contribution in [3.8, 4) is 0 Å². The predicted octanol–water partition coefficient (Wildman–Crippen LogP) is 1.31. The quantitative estimate of drug-likeness (QED) is 0.579. The third-order valence-corrected chi connectivity index (χ3v) is 5.23. The molecule has 0 aliphatic carbocycles. The summed E-state index contributed by atoms with van der Waals surface area (Å²) in [5.41, 5.74) is 6.71. The van der Waals surface area contributed by atoms with Gasteiger partial charge in [-0.25, -0.2) is 17.5 Å². The number of carbonyl (C=O) groups is 2. The van der Waals surface area contributed by atoms with Crippen LogP contribution >= 0.6 is 0 Å². The molecule has 0 spiro atoms. The van der Waals surface area contributed by atoms with Crippen LogP contribution in [0, 0.1) is 0 Å². The van der Waals surface area contributed by atoms with Crippen LogP contribution in [0.1, 0.15) is 10.4 Å². The Balaban J connectivity index is 1.91. The van der Waals surface area contributed by atoms with E-state index in [0.29, 0.717) is 11.4 Å². The monoisotopic (exact) mass is 377 g/mol. The first-order valence-electron chi connectivity index (χ1n) is 7.55. The molecule has 0 atom stereocenters. The normalized spacial score (nSPS) is 11.2. The van der Waals surface area contributed by atoms with E-state index in [1.807, 2.05) is 0 Å². The van der Waals surface area contributed by atoms with Crippen molar-refractivity contribution in [3.05, 3.63) is 54.1 Å². The van der Waals surface area contributed by atoms with Gasteiger partial charge in [0.25, 0.3) is 5.91 Å². The van der Waals surface area contributed by atoms with Crippen molar-refractivity contribution in [2.45, 2.75) is 4.90 Å². The topological polar surface area (TPSA) is 119 Å². The van der Waals surface area contributed by atoms with Gasteiger partial charge < -0.3 is 15.8 Å². The molecular formula is C17H19N3O5S. The van der Waals surface area contributed by atoms with E-state index in [4.69, 9.17) is 10.5 Å². The van der Waals surface area contributed by atoms with Crippen LogP contribution in [0.4, 0.5) is 11.4 Å². The van der Waals surface area contributed by atoms with Crippen molar-refractivity contribution in [2.75, 3.05) is 31.8 Å². The Morgan fingerprint density at radius 2 is 1.62 bits per heavy atom. The molecule has 138 valence electrons. The van der Waals surface area contributed by atoms with Crippen LogP contribution in [0.15, 0.2) is 53.4 Å². The molecule has 0 aliphatic heterocycles. The summed E-state index contributed by atoms with van der Waals surface area (Å²) in [6.45, 7) is -0.471. The van der Waals surface area contributed by atoms with Crippen LogP contribution in [0.25, 0.3) is 0 Å². The maximum atomic E-state index is 12.0. The zero-order chi connectivity index (χ0) is 19.3. The first-order valence-corrected chi connectivity index (χ1v) is 8.99. The molecule has 0 unspecified atom stereocenters. The Morgan fingerprint density at radius 3 is 2.15 bits per heavy atom. The number of nitrogens with one attached hydrogen (secondary N) is 1. The molecule has 3 N–H and O–H groups in total. The van der Waals surface area contributed by atoms with Gasteiger partial charge in [0.15, 0.2) is 6.61 Å². The third-order valence-electron chi connectivity index (χ3n) is 3.40. The van der Waals surface area contributed by atoms with E-state index in [-0.39, 0.29) is 10.5 Å². The molecule has 8 nitrogen and oxygen atoms in total. The fourth-order valence-electron chi connectivity index (χ4n) is 1.95. The van der Waals surface area contributed by atoms with Crippen molar-refractivity contribution in [2.24, 2.45) is 0 Å². The van der Waals surface area contributed by atoms with Gasteiger partial charge in [0.05, 0.1) is 10.5 Å². The van der Waals surface area contributed by atoms with E-state index >= 15 is 0 Å². The van der Waals surface area contributed by atoms with Crippen LogP contribution < -0.4 is 11.1 Å². The summed E-state index contributed by atoms with van der Waals surface area (Å²) in [4.78, 5) is 23.8. The van der Waals surface area contributed by atoms with Gasteiger partial charge in [0, 0.05) is 25.5 Å². The van der Waals surface area contributed by atoms with Crippen molar-refractivity contribution in [1.29, 1.82) is 0 Å². The van der Waals surface area contributed by atoms with E-state index in [2.05, 4.69) is 5.32 Å². The first-order chi connectivity index (χ1) is 12.2. The minimum atomic E-state index is -3.53. The molecule has 9 heteroatoms. The maximum absolute atomic E-state index is 12.0. The van der Waals surface area contributed by atoms with Crippen molar-refractivity contribution in [3.63, 3.8) is 0 Å². The zero-order valence-electron chi connectivity index (χ0n) is 14.3. The lowest BCUT2D eigenvalue weighted by Crippen LogP contribution is -2.22. The number of ether oxygens (including phenoxy) is 1. The molecule has 2 rings (SSSR count). The van der Waals surface area contributed by atoms with E-state index in [9.17, 15) is 18.0 Å². The maximum Gasteiger partial charge on any atom is 0.338 e. The molecular weight excluding hydrogens is 358 g/mol. The van der Waals surface area contributed by atoms with Gasteiger partial charge in [-0.1, -0.05) is 0 Å². The minimum Gasteiger partial charge on any atom is -0.452 e. The van der Waals surface area contributed by atoms with Gasteiger partial charge in [-0.3, -0.25) is 4.79 Å². The predicted molar refractivity (Wildman–Crippen MR) is 97.1 cm³/mol. The Bertz CT molecular complexity index is 891. The Kier molecular flexibility index (Phi) is 5.96. The highest BCUT2D eigenvalue weighted by atomic mass is 32.2. The van der Waals surface area contributed by atoms with Crippen LogP contribution in [0.2, 0.25) is 0 Å². The standard InChI is InChI=1S/C17H19N3O5S/c1-20(2)26(23,24)15-9-7-14(8-10-15)19-16(21)11-25-17(22)12-3-5-13(18)6-4-12/h3-10H,11,18H2,1-2H3,(H,19,21). The lowest BCUT2D eigenvalue weighted by atomic mass is 10.2. The highest BCUT2D eigenvalue weighted by molar-refractivity contribution is 7.89. The number of carbonyl (C=O) groups excluding carboxylic acids is 2. The van der Waals surface area contributed by atoms with E-state index in [1.54, 1.807) is 12.1 Å². The molecule has 1 amide bonds. The smallest absolute Gasteiger partial charge is 0.338 e. The summed E-state index contributed by atoms with van der Waals surface area (Å²) in [7, 11) is -0.673. The van der Waals surface area contributed by atoms with Gasteiger partial charge >= 0.3 is 5.97 Å². The number of esters is 1. The number of nitrogen functional groups attached to an aromatic ring is 1. The third kappa shape index (κ3) is 4.80. The Labute approximate surface area is 151 Å². The first kappa shape index (κ1) is 19.4. The number of hydrogen-bond donors (Lipinski definition) is 2. The molecule has 2 aromatic rings. The molecule has 0 aromatic heterocycles. The van der Waals surface area contributed by atoms with Crippen molar-refractivity contribution < 1.29 is 22.7 Å².